The molecule has 0 unspecified atom stereocenters. The first-order valence-electron chi connectivity index (χ1n) is 7.21. The highest BCUT2D eigenvalue weighted by molar-refractivity contribution is 4.86. The van der Waals surface area contributed by atoms with E-state index in [1.54, 1.807) is 0 Å². The topological polar surface area (TPSA) is 32.7 Å². The molecule has 2 rings (SSSR count). The number of hydrogen-bond acceptors (Lipinski definition) is 3. The van der Waals surface area contributed by atoms with Crippen molar-refractivity contribution < 1.29 is 9.84 Å². The number of likely N-dealkylation sites (tertiary alicyclic amines) is 1. The zero-order valence-corrected chi connectivity index (χ0v) is 11.3. The molecule has 2 atom stereocenters. The molecule has 3 heteroatoms. The van der Waals surface area contributed by atoms with Crippen LogP contribution in [0.2, 0.25) is 0 Å². The van der Waals surface area contributed by atoms with Crippen LogP contribution >= 0.6 is 0 Å². The first kappa shape index (κ1) is 13.3. The van der Waals surface area contributed by atoms with Gasteiger partial charge in [0, 0.05) is 19.6 Å². The molecule has 2 fully saturated rings. The molecule has 1 heterocycles. The molecular weight excluding hydrogens is 214 g/mol. The van der Waals surface area contributed by atoms with Gasteiger partial charge < -0.3 is 9.84 Å². The predicted molar refractivity (Wildman–Crippen MR) is 69.0 cm³/mol. The Labute approximate surface area is 105 Å². The molecule has 0 aromatic carbocycles. The Morgan fingerprint density at radius 2 is 1.88 bits per heavy atom. The Morgan fingerprint density at radius 3 is 2.53 bits per heavy atom. The summed E-state index contributed by atoms with van der Waals surface area (Å²) in [5.74, 6) is 0.855. The Morgan fingerprint density at radius 1 is 1.18 bits per heavy atom. The zero-order valence-electron chi connectivity index (χ0n) is 11.3. The van der Waals surface area contributed by atoms with Crippen molar-refractivity contribution >= 4 is 0 Å². The number of aliphatic hydroxyl groups is 1. The van der Waals surface area contributed by atoms with Gasteiger partial charge in [0.1, 0.15) is 0 Å². The van der Waals surface area contributed by atoms with Crippen LogP contribution in [0.1, 0.15) is 46.0 Å². The standard InChI is InChI=1S/C14H27NO2/c1-11(2)17-14-10-15(9-13(14)16)8-12-6-4-3-5-7-12/h11-14,16H,3-10H2,1-2H3/t13-,14-/m0/s1. The van der Waals surface area contributed by atoms with Gasteiger partial charge in [-0.2, -0.15) is 0 Å². The van der Waals surface area contributed by atoms with Crippen molar-refractivity contribution in [2.24, 2.45) is 5.92 Å². The second kappa shape index (κ2) is 6.17. The highest BCUT2D eigenvalue weighted by Gasteiger charge is 2.33. The van der Waals surface area contributed by atoms with Gasteiger partial charge in [-0.3, -0.25) is 4.90 Å². The van der Waals surface area contributed by atoms with Crippen molar-refractivity contribution in [3.05, 3.63) is 0 Å². The molecule has 17 heavy (non-hydrogen) atoms. The quantitative estimate of drug-likeness (QED) is 0.817. The molecule has 0 aromatic heterocycles. The van der Waals surface area contributed by atoms with Crippen LogP contribution < -0.4 is 0 Å². The molecule has 100 valence electrons. The number of aliphatic hydroxyl groups excluding tert-OH is 1. The summed E-state index contributed by atoms with van der Waals surface area (Å²) in [7, 11) is 0. The minimum atomic E-state index is -0.291. The first-order chi connectivity index (χ1) is 8.15. The average molecular weight is 241 g/mol. The molecule has 0 bridgehead atoms. The van der Waals surface area contributed by atoms with Crippen molar-refractivity contribution in [3.8, 4) is 0 Å². The average Bonchev–Trinajstić information content (AvgIpc) is 2.59. The van der Waals surface area contributed by atoms with Crippen LogP contribution in [0.4, 0.5) is 0 Å². The van der Waals surface area contributed by atoms with Gasteiger partial charge in [-0.05, 0) is 32.6 Å². The Balaban J connectivity index is 1.75. The van der Waals surface area contributed by atoms with Crippen molar-refractivity contribution in [2.45, 2.75) is 64.3 Å². The third kappa shape index (κ3) is 3.94. The fraction of sp³-hybridized carbons (Fsp3) is 1.00. The van der Waals surface area contributed by atoms with Crippen LogP contribution in [-0.2, 0) is 4.74 Å². The van der Waals surface area contributed by atoms with Crippen LogP contribution in [0.5, 0.6) is 0 Å². The van der Waals surface area contributed by atoms with Crippen LogP contribution in [0.25, 0.3) is 0 Å². The number of ether oxygens (including phenoxy) is 1. The summed E-state index contributed by atoms with van der Waals surface area (Å²) in [6, 6.07) is 0. The Bertz CT molecular complexity index is 226. The lowest BCUT2D eigenvalue weighted by atomic mass is 9.89. The van der Waals surface area contributed by atoms with E-state index in [0.29, 0.717) is 0 Å². The fourth-order valence-corrected chi connectivity index (χ4v) is 3.20. The third-order valence-corrected chi connectivity index (χ3v) is 4.00. The van der Waals surface area contributed by atoms with Crippen molar-refractivity contribution in [3.63, 3.8) is 0 Å². The lowest BCUT2D eigenvalue weighted by molar-refractivity contribution is -0.0396. The van der Waals surface area contributed by atoms with Crippen LogP contribution in [-0.4, -0.2) is 48.0 Å². The van der Waals surface area contributed by atoms with Crippen LogP contribution in [0.3, 0.4) is 0 Å². The van der Waals surface area contributed by atoms with E-state index in [0.717, 1.165) is 25.6 Å². The maximum absolute atomic E-state index is 9.97. The largest absolute Gasteiger partial charge is 0.389 e. The second-order valence-electron chi connectivity index (χ2n) is 6.01. The first-order valence-corrected chi connectivity index (χ1v) is 7.21. The zero-order chi connectivity index (χ0) is 12.3. The maximum atomic E-state index is 9.97. The number of hydrogen-bond donors (Lipinski definition) is 1. The van der Waals surface area contributed by atoms with Gasteiger partial charge in [0.05, 0.1) is 18.3 Å². The summed E-state index contributed by atoms with van der Waals surface area (Å²) >= 11 is 0. The summed E-state index contributed by atoms with van der Waals surface area (Å²) in [6.45, 7) is 6.95. The van der Waals surface area contributed by atoms with Crippen LogP contribution in [0.15, 0.2) is 0 Å². The van der Waals surface area contributed by atoms with Crippen LogP contribution in [0, 0.1) is 5.92 Å². The van der Waals surface area contributed by atoms with Gasteiger partial charge >= 0.3 is 0 Å². The Kier molecular flexibility index (Phi) is 4.83. The molecule has 1 aliphatic heterocycles. The van der Waals surface area contributed by atoms with E-state index < -0.39 is 0 Å². The molecule has 0 spiro atoms. The monoisotopic (exact) mass is 241 g/mol. The lowest BCUT2D eigenvalue weighted by Gasteiger charge is -2.26. The molecule has 0 amide bonds. The van der Waals surface area contributed by atoms with E-state index in [1.165, 1.54) is 32.1 Å². The van der Waals surface area contributed by atoms with Gasteiger partial charge in [-0.15, -0.1) is 0 Å². The van der Waals surface area contributed by atoms with Gasteiger partial charge in [-0.1, -0.05) is 19.3 Å². The van der Waals surface area contributed by atoms with Gasteiger partial charge in [0.15, 0.2) is 0 Å². The normalized spacial score (nSPS) is 32.5. The molecule has 1 N–H and O–H groups in total. The summed E-state index contributed by atoms with van der Waals surface area (Å²) in [4.78, 5) is 2.40. The van der Waals surface area contributed by atoms with Gasteiger partial charge in [-0.25, -0.2) is 0 Å². The minimum Gasteiger partial charge on any atom is -0.389 e. The van der Waals surface area contributed by atoms with Gasteiger partial charge in [0.25, 0.3) is 0 Å². The molecule has 0 radical (unpaired) electrons. The number of rotatable bonds is 4. The summed E-state index contributed by atoms with van der Waals surface area (Å²) in [6.07, 6.45) is 6.91. The lowest BCUT2D eigenvalue weighted by Crippen LogP contribution is -2.30. The number of nitrogens with zero attached hydrogens (tertiary/aromatic N) is 1. The smallest absolute Gasteiger partial charge is 0.0976 e. The molecule has 0 aromatic rings. The SMILES string of the molecule is CC(C)O[C@H]1CN(CC2CCCCC2)C[C@@H]1O. The molecule has 1 aliphatic carbocycles. The van der Waals surface area contributed by atoms with E-state index in [1.807, 2.05) is 13.8 Å². The van der Waals surface area contributed by atoms with E-state index in [-0.39, 0.29) is 18.3 Å². The molecular formula is C14H27NO2. The molecule has 2 aliphatic rings. The summed E-state index contributed by atoms with van der Waals surface area (Å²) < 4.78 is 5.75. The predicted octanol–water partition coefficient (Wildman–Crippen LogP) is 2.04. The Hall–Kier alpha value is -0.120. The molecule has 1 saturated carbocycles. The van der Waals surface area contributed by atoms with Crippen molar-refractivity contribution in [1.82, 2.24) is 4.90 Å². The fourth-order valence-electron chi connectivity index (χ4n) is 3.20. The maximum Gasteiger partial charge on any atom is 0.0976 e. The number of β-amino-alcohol motifs (C(OH)–C–C–N with tert-alkyl or cyclic N) is 1. The highest BCUT2D eigenvalue weighted by atomic mass is 16.5. The van der Waals surface area contributed by atoms with Crippen molar-refractivity contribution in [2.75, 3.05) is 19.6 Å². The third-order valence-electron chi connectivity index (χ3n) is 4.00. The highest BCUT2D eigenvalue weighted by Crippen LogP contribution is 2.26. The molecule has 1 saturated heterocycles. The van der Waals surface area contributed by atoms with E-state index >= 15 is 0 Å². The summed E-state index contributed by atoms with van der Waals surface area (Å²) in [5.41, 5.74) is 0. The van der Waals surface area contributed by atoms with E-state index in [9.17, 15) is 5.11 Å². The van der Waals surface area contributed by atoms with E-state index in [4.69, 9.17) is 4.74 Å². The van der Waals surface area contributed by atoms with E-state index in [2.05, 4.69) is 4.90 Å². The van der Waals surface area contributed by atoms with Gasteiger partial charge in [0.2, 0.25) is 0 Å². The molecule has 3 nitrogen and oxygen atoms in total. The summed E-state index contributed by atoms with van der Waals surface area (Å²) in [5, 5.41) is 9.97. The minimum absolute atomic E-state index is 0.0265. The second-order valence-corrected chi connectivity index (χ2v) is 6.01. The van der Waals surface area contributed by atoms with Crippen molar-refractivity contribution in [1.29, 1.82) is 0 Å².